The molecule has 0 atom stereocenters. The van der Waals surface area contributed by atoms with Gasteiger partial charge in [0.15, 0.2) is 17.2 Å². The van der Waals surface area contributed by atoms with Gasteiger partial charge in [0, 0.05) is 73.7 Å². The fourth-order valence-electron chi connectivity index (χ4n) is 5.80. The number of nitrogens with zero attached hydrogens (tertiary/aromatic N) is 5. The number of carbonyl (C=O) groups is 2. The Kier molecular flexibility index (Phi) is 8.97. The largest absolute Gasteiger partial charge is 0.444 e. The summed E-state index contributed by atoms with van der Waals surface area (Å²) in [5, 5.41) is 3.46. The third-order valence-electron chi connectivity index (χ3n) is 8.46. The van der Waals surface area contributed by atoms with Gasteiger partial charge in [-0.25, -0.2) is 14.8 Å². The van der Waals surface area contributed by atoms with Gasteiger partial charge in [-0.2, -0.15) is 0 Å². The highest BCUT2D eigenvalue weighted by molar-refractivity contribution is 5.97. The van der Waals surface area contributed by atoms with E-state index in [1.807, 2.05) is 98.2 Å². The zero-order chi connectivity index (χ0) is 34.1. The Labute approximate surface area is 282 Å². The van der Waals surface area contributed by atoms with Crippen LogP contribution >= 0.6 is 0 Å². The quantitative estimate of drug-likeness (QED) is 0.180. The van der Waals surface area contributed by atoms with E-state index >= 15 is 0 Å². The van der Waals surface area contributed by atoms with E-state index in [1.165, 1.54) is 5.56 Å². The third kappa shape index (κ3) is 7.68. The maximum atomic E-state index is 13.2. The summed E-state index contributed by atoms with van der Waals surface area (Å²) in [7, 11) is 0. The number of hydrogen-bond donors (Lipinski definition) is 1. The number of fused-ring (bicyclic) bond motifs is 1. The molecule has 1 aliphatic rings. The van der Waals surface area contributed by atoms with Crippen molar-refractivity contribution in [2.75, 3.05) is 36.4 Å². The van der Waals surface area contributed by atoms with Crippen molar-refractivity contribution in [1.29, 1.82) is 0 Å². The summed E-state index contributed by atoms with van der Waals surface area (Å²) in [6, 6.07) is 24.2. The molecule has 1 saturated heterocycles. The van der Waals surface area contributed by atoms with Gasteiger partial charge in [0.2, 0.25) is 0 Å². The molecule has 9 heteroatoms. The van der Waals surface area contributed by atoms with Crippen LogP contribution in [0.3, 0.4) is 0 Å². The molecule has 3 aromatic carbocycles. The lowest BCUT2D eigenvalue weighted by atomic mass is 9.86. The second-order valence-electron chi connectivity index (χ2n) is 14.4. The fraction of sp³-hybridized carbons (Fsp3) is 0.333. The first-order chi connectivity index (χ1) is 22.8. The van der Waals surface area contributed by atoms with E-state index in [1.54, 1.807) is 11.1 Å². The molecule has 0 bridgehead atoms. The standard InChI is InChI=1S/C39H44N6O3/c1-38(2,3)30-12-10-28(11-13-30)34(46)25-27-8-7-9-29(24-27)33-26-45-19-18-40-36(45)35(42-33)41-31-14-16-32(17-15-31)43-20-22-44(23-21-43)37(47)48-39(4,5)6/h7-19,24,26H,20-23,25H2,1-6H3,(H,41,42). The summed E-state index contributed by atoms with van der Waals surface area (Å²) in [5.74, 6) is 0.720. The van der Waals surface area contributed by atoms with Gasteiger partial charge in [-0.05, 0) is 67.6 Å². The molecule has 0 aliphatic carbocycles. The zero-order valence-electron chi connectivity index (χ0n) is 28.7. The van der Waals surface area contributed by atoms with Crippen molar-refractivity contribution >= 4 is 34.7 Å². The van der Waals surface area contributed by atoms with Crippen LogP contribution in [0.1, 0.15) is 63.0 Å². The van der Waals surface area contributed by atoms with Crippen LogP contribution in [0, 0.1) is 0 Å². The number of Topliss-reactive ketones (excluding diaryl/α,β-unsaturated/α-hetero) is 1. The van der Waals surface area contributed by atoms with Gasteiger partial charge < -0.3 is 24.3 Å². The van der Waals surface area contributed by atoms with E-state index in [2.05, 4.69) is 48.1 Å². The molecule has 1 aliphatic heterocycles. The summed E-state index contributed by atoms with van der Waals surface area (Å²) < 4.78 is 7.49. The molecule has 48 heavy (non-hydrogen) atoms. The number of benzene rings is 3. The molecule has 1 amide bonds. The number of piperazine rings is 1. The molecule has 0 spiro atoms. The second kappa shape index (κ2) is 13.1. The normalized spacial score (nSPS) is 13.9. The minimum Gasteiger partial charge on any atom is -0.444 e. The van der Waals surface area contributed by atoms with Crippen molar-refractivity contribution in [3.8, 4) is 11.3 Å². The highest BCUT2D eigenvalue weighted by atomic mass is 16.6. The number of imidazole rings is 1. The van der Waals surface area contributed by atoms with Crippen LogP contribution in [-0.2, 0) is 16.6 Å². The van der Waals surface area contributed by atoms with Crippen LogP contribution in [-0.4, -0.2) is 62.9 Å². The van der Waals surface area contributed by atoms with Crippen molar-refractivity contribution in [2.45, 2.75) is 59.0 Å². The van der Waals surface area contributed by atoms with Crippen LogP contribution in [0.15, 0.2) is 91.4 Å². The predicted molar refractivity (Wildman–Crippen MR) is 191 cm³/mol. The van der Waals surface area contributed by atoms with Crippen molar-refractivity contribution in [1.82, 2.24) is 19.3 Å². The first-order valence-electron chi connectivity index (χ1n) is 16.5. The Morgan fingerprint density at radius 1 is 0.875 bits per heavy atom. The van der Waals surface area contributed by atoms with Gasteiger partial charge in [0.05, 0.1) is 5.69 Å². The maximum Gasteiger partial charge on any atom is 0.410 e. The van der Waals surface area contributed by atoms with Gasteiger partial charge in [-0.15, -0.1) is 0 Å². The van der Waals surface area contributed by atoms with Crippen LogP contribution in [0.4, 0.5) is 22.0 Å². The smallest absolute Gasteiger partial charge is 0.410 e. The van der Waals surface area contributed by atoms with Crippen LogP contribution < -0.4 is 10.2 Å². The topological polar surface area (TPSA) is 92.1 Å². The molecule has 2 aromatic heterocycles. The first-order valence-corrected chi connectivity index (χ1v) is 16.5. The molecule has 5 aromatic rings. The van der Waals surface area contributed by atoms with Crippen molar-refractivity contribution in [3.63, 3.8) is 0 Å². The lowest BCUT2D eigenvalue weighted by molar-refractivity contribution is 0.0240. The average Bonchev–Trinajstić information content (AvgIpc) is 3.54. The molecule has 248 valence electrons. The molecule has 3 heterocycles. The lowest BCUT2D eigenvalue weighted by Gasteiger charge is -2.36. The van der Waals surface area contributed by atoms with Crippen molar-refractivity contribution in [2.24, 2.45) is 0 Å². The monoisotopic (exact) mass is 644 g/mol. The Hall–Kier alpha value is -5.18. The molecule has 0 radical (unpaired) electrons. The summed E-state index contributed by atoms with van der Waals surface area (Å²) >= 11 is 0. The maximum absolute atomic E-state index is 13.2. The summed E-state index contributed by atoms with van der Waals surface area (Å²) in [5.41, 5.74) is 6.77. The average molecular weight is 645 g/mol. The van der Waals surface area contributed by atoms with Crippen LogP contribution in [0.25, 0.3) is 16.9 Å². The lowest BCUT2D eigenvalue weighted by Crippen LogP contribution is -2.50. The van der Waals surface area contributed by atoms with Gasteiger partial charge >= 0.3 is 6.09 Å². The molecule has 9 nitrogen and oxygen atoms in total. The van der Waals surface area contributed by atoms with E-state index < -0.39 is 5.60 Å². The van der Waals surface area contributed by atoms with Crippen LogP contribution in [0.2, 0.25) is 0 Å². The molecule has 0 unspecified atom stereocenters. The number of ketones is 1. The minimum atomic E-state index is -0.502. The second-order valence-corrected chi connectivity index (χ2v) is 14.4. The molecule has 1 N–H and O–H groups in total. The van der Waals surface area contributed by atoms with Gasteiger partial charge in [-0.3, -0.25) is 4.79 Å². The first kappa shape index (κ1) is 32.7. The van der Waals surface area contributed by atoms with Gasteiger partial charge in [-0.1, -0.05) is 63.2 Å². The summed E-state index contributed by atoms with van der Waals surface area (Å²) in [6.45, 7) is 14.9. The predicted octanol–water partition coefficient (Wildman–Crippen LogP) is 7.92. The Balaban J connectivity index is 1.14. The van der Waals surface area contributed by atoms with E-state index in [0.29, 0.717) is 36.5 Å². The summed E-state index contributed by atoms with van der Waals surface area (Å²) in [4.78, 5) is 39.2. The Bertz CT molecular complexity index is 1910. The molecule has 6 rings (SSSR count). The molecular weight excluding hydrogens is 600 g/mol. The molecule has 1 fully saturated rings. The minimum absolute atomic E-state index is 0.0400. The highest BCUT2D eigenvalue weighted by Gasteiger charge is 2.26. The number of carbonyl (C=O) groups excluding carboxylic acids is 2. The Morgan fingerprint density at radius 2 is 1.58 bits per heavy atom. The molecule has 0 saturated carbocycles. The highest BCUT2D eigenvalue weighted by Crippen LogP contribution is 2.28. The number of ether oxygens (including phenoxy) is 1. The number of nitrogens with one attached hydrogen (secondary N) is 1. The molecular formula is C39H44N6O3. The number of hydrogen-bond acceptors (Lipinski definition) is 7. The van der Waals surface area contributed by atoms with Gasteiger partial charge in [0.1, 0.15) is 5.60 Å². The van der Waals surface area contributed by atoms with Gasteiger partial charge in [0.25, 0.3) is 0 Å². The van der Waals surface area contributed by atoms with Crippen molar-refractivity contribution in [3.05, 3.63) is 108 Å². The third-order valence-corrected chi connectivity index (χ3v) is 8.46. The number of aromatic nitrogens is 3. The fourth-order valence-corrected chi connectivity index (χ4v) is 5.80. The van der Waals surface area contributed by atoms with E-state index in [9.17, 15) is 9.59 Å². The number of amides is 1. The van der Waals surface area contributed by atoms with E-state index in [4.69, 9.17) is 9.72 Å². The van der Waals surface area contributed by atoms with E-state index in [0.717, 1.165) is 41.3 Å². The number of anilines is 3. The zero-order valence-corrected chi connectivity index (χ0v) is 28.7. The Morgan fingerprint density at radius 3 is 2.25 bits per heavy atom. The SMILES string of the molecule is CC(C)(C)OC(=O)N1CCN(c2ccc(Nc3nc(-c4cccc(CC(=O)c5ccc(C(C)(C)C)cc5)c4)cn4ccnc34)cc2)CC1. The van der Waals surface area contributed by atoms with E-state index in [-0.39, 0.29) is 17.3 Å². The van der Waals surface area contributed by atoms with Crippen LogP contribution in [0.5, 0.6) is 0 Å². The summed E-state index contributed by atoms with van der Waals surface area (Å²) in [6.07, 6.45) is 5.67. The number of rotatable bonds is 7. The van der Waals surface area contributed by atoms with Crippen molar-refractivity contribution < 1.29 is 14.3 Å².